The Morgan fingerprint density at radius 3 is 2.53 bits per heavy atom. The Morgan fingerprint density at radius 1 is 0.972 bits per heavy atom. The number of aryl methyl sites for hydroxylation is 1. The van der Waals surface area contributed by atoms with E-state index in [0.29, 0.717) is 17.7 Å². The summed E-state index contributed by atoms with van der Waals surface area (Å²) in [4.78, 5) is 15.9. The van der Waals surface area contributed by atoms with Crippen LogP contribution in [0.3, 0.4) is 0 Å². The third-order valence-electron chi connectivity index (χ3n) is 5.92. The third kappa shape index (κ3) is 4.47. The molecule has 0 aliphatic rings. The summed E-state index contributed by atoms with van der Waals surface area (Å²) in [5, 5.41) is 4.86. The number of ether oxygens (including phenoxy) is 1. The number of alkyl halides is 3. The topological polar surface area (TPSA) is 70.2 Å². The number of esters is 1. The predicted octanol–water partition coefficient (Wildman–Crippen LogP) is 6.61. The number of fused-ring (bicyclic) bond motifs is 1. The first-order valence-electron chi connectivity index (χ1n) is 11.1. The van der Waals surface area contributed by atoms with Crippen LogP contribution in [0.25, 0.3) is 44.9 Å². The van der Waals surface area contributed by atoms with E-state index >= 15 is 0 Å². The van der Waals surface area contributed by atoms with E-state index in [-0.39, 0.29) is 35.2 Å². The van der Waals surface area contributed by atoms with Gasteiger partial charge in [-0.1, -0.05) is 53.7 Å². The van der Waals surface area contributed by atoms with Gasteiger partial charge >= 0.3 is 12.1 Å². The van der Waals surface area contributed by atoms with Crippen molar-refractivity contribution in [3.63, 3.8) is 0 Å². The molecule has 9 heteroatoms. The van der Waals surface area contributed by atoms with Crippen molar-refractivity contribution < 1.29 is 27.2 Å². The van der Waals surface area contributed by atoms with Gasteiger partial charge in [-0.05, 0) is 35.4 Å². The fourth-order valence-corrected chi connectivity index (χ4v) is 4.16. The molecule has 6 nitrogen and oxygen atoms in total. The Bertz CT molecular complexity index is 1540. The molecule has 0 N–H and O–H groups in total. The van der Waals surface area contributed by atoms with Crippen LogP contribution in [0.15, 0.2) is 83.5 Å². The van der Waals surface area contributed by atoms with Gasteiger partial charge in [0, 0.05) is 34.8 Å². The summed E-state index contributed by atoms with van der Waals surface area (Å²) in [5.74, 6) is -0.0772. The maximum atomic E-state index is 13.9. The molecule has 0 radical (unpaired) electrons. The van der Waals surface area contributed by atoms with Crippen LogP contribution in [0.1, 0.15) is 12.0 Å². The van der Waals surface area contributed by atoms with Crippen LogP contribution in [-0.4, -0.2) is 27.8 Å². The second kappa shape index (κ2) is 9.33. The zero-order valence-electron chi connectivity index (χ0n) is 19.1. The molecule has 0 bridgehead atoms. The standard InChI is InChI=1S/C27H20F3N3O3/c1-35-24(34)13-15-33-14-12-20-21(8-5-9-23(20)33)25-31-26(36-32-25)18-10-11-19(17-6-3-2-4-7-17)22(16-18)27(28,29)30/h2-12,14,16H,13,15H2,1H3. The van der Waals surface area contributed by atoms with E-state index in [4.69, 9.17) is 9.26 Å². The highest BCUT2D eigenvalue weighted by molar-refractivity contribution is 5.94. The first kappa shape index (κ1) is 23.3. The quantitative estimate of drug-likeness (QED) is 0.250. The Balaban J connectivity index is 1.50. The average Bonchev–Trinajstić information content (AvgIpc) is 3.54. The molecule has 0 spiro atoms. The van der Waals surface area contributed by atoms with Crippen molar-refractivity contribution in [3.8, 4) is 34.0 Å². The number of halogens is 3. The van der Waals surface area contributed by atoms with Crippen LogP contribution in [0, 0.1) is 0 Å². The van der Waals surface area contributed by atoms with Crippen molar-refractivity contribution in [3.05, 3.63) is 84.6 Å². The summed E-state index contributed by atoms with van der Waals surface area (Å²) in [7, 11) is 1.34. The summed E-state index contributed by atoms with van der Waals surface area (Å²) in [6.45, 7) is 0.436. The number of rotatable bonds is 6. The van der Waals surface area contributed by atoms with E-state index in [1.165, 1.54) is 13.2 Å². The molecule has 3 aromatic carbocycles. The van der Waals surface area contributed by atoms with Crippen molar-refractivity contribution in [2.45, 2.75) is 19.1 Å². The maximum Gasteiger partial charge on any atom is 0.417 e. The van der Waals surface area contributed by atoms with Crippen LogP contribution in [-0.2, 0) is 22.3 Å². The zero-order chi connectivity index (χ0) is 25.3. The number of benzene rings is 3. The molecule has 0 saturated carbocycles. The highest BCUT2D eigenvalue weighted by Gasteiger charge is 2.34. The molecule has 0 atom stereocenters. The summed E-state index contributed by atoms with van der Waals surface area (Å²) in [6, 6.07) is 19.8. The monoisotopic (exact) mass is 491 g/mol. The number of aromatic nitrogens is 3. The van der Waals surface area contributed by atoms with Gasteiger partial charge in [0.1, 0.15) is 0 Å². The van der Waals surface area contributed by atoms with E-state index in [1.54, 1.807) is 42.5 Å². The molecule has 5 aromatic rings. The summed E-state index contributed by atoms with van der Waals surface area (Å²) >= 11 is 0. The molecule has 2 aromatic heterocycles. The highest BCUT2D eigenvalue weighted by atomic mass is 19.4. The van der Waals surface area contributed by atoms with Crippen LogP contribution in [0.5, 0.6) is 0 Å². The minimum Gasteiger partial charge on any atom is -0.469 e. The predicted molar refractivity (Wildman–Crippen MR) is 128 cm³/mol. The molecule has 0 saturated heterocycles. The van der Waals surface area contributed by atoms with E-state index in [9.17, 15) is 18.0 Å². The van der Waals surface area contributed by atoms with Gasteiger partial charge in [-0.2, -0.15) is 18.2 Å². The highest BCUT2D eigenvalue weighted by Crippen LogP contribution is 2.39. The van der Waals surface area contributed by atoms with E-state index in [2.05, 4.69) is 10.1 Å². The number of hydrogen-bond donors (Lipinski definition) is 0. The van der Waals surface area contributed by atoms with Crippen molar-refractivity contribution in [2.24, 2.45) is 0 Å². The molecule has 5 rings (SSSR count). The smallest absolute Gasteiger partial charge is 0.417 e. The van der Waals surface area contributed by atoms with Gasteiger partial charge < -0.3 is 13.8 Å². The lowest BCUT2D eigenvalue weighted by atomic mass is 9.97. The molecular weight excluding hydrogens is 471 g/mol. The van der Waals surface area contributed by atoms with Gasteiger partial charge in [0.15, 0.2) is 0 Å². The maximum absolute atomic E-state index is 13.9. The Hall–Kier alpha value is -4.40. The molecule has 182 valence electrons. The van der Waals surface area contributed by atoms with E-state index in [0.717, 1.165) is 17.0 Å². The lowest BCUT2D eigenvalue weighted by Crippen LogP contribution is -2.07. The number of methoxy groups -OCH3 is 1. The largest absolute Gasteiger partial charge is 0.469 e. The molecule has 36 heavy (non-hydrogen) atoms. The van der Waals surface area contributed by atoms with Gasteiger partial charge in [-0.25, -0.2) is 0 Å². The second-order valence-electron chi connectivity index (χ2n) is 8.12. The zero-order valence-corrected chi connectivity index (χ0v) is 19.1. The first-order valence-corrected chi connectivity index (χ1v) is 11.1. The number of nitrogens with zero attached hydrogens (tertiary/aromatic N) is 3. The molecule has 0 unspecified atom stereocenters. The molecule has 0 fully saturated rings. The van der Waals surface area contributed by atoms with Gasteiger partial charge in [0.05, 0.1) is 19.1 Å². The van der Waals surface area contributed by atoms with Crippen LogP contribution in [0.4, 0.5) is 13.2 Å². The third-order valence-corrected chi connectivity index (χ3v) is 5.92. The fraction of sp³-hybridized carbons (Fsp3) is 0.148. The minimum absolute atomic E-state index is 0.0164. The van der Waals surface area contributed by atoms with Gasteiger partial charge in [-0.3, -0.25) is 4.79 Å². The molecule has 0 aliphatic heterocycles. The lowest BCUT2D eigenvalue weighted by molar-refractivity contribution is -0.141. The molecular formula is C27H20F3N3O3. The summed E-state index contributed by atoms with van der Waals surface area (Å²) in [6.07, 6.45) is -2.50. The average molecular weight is 491 g/mol. The fourth-order valence-electron chi connectivity index (χ4n) is 4.16. The second-order valence-corrected chi connectivity index (χ2v) is 8.12. The van der Waals surface area contributed by atoms with Crippen LogP contribution >= 0.6 is 0 Å². The van der Waals surface area contributed by atoms with Crippen LogP contribution in [0.2, 0.25) is 0 Å². The van der Waals surface area contributed by atoms with Gasteiger partial charge in [0.25, 0.3) is 5.89 Å². The van der Waals surface area contributed by atoms with Crippen molar-refractivity contribution in [1.82, 2.24) is 14.7 Å². The Morgan fingerprint density at radius 2 is 1.78 bits per heavy atom. The summed E-state index contributed by atoms with van der Waals surface area (Å²) < 4.78 is 53.7. The molecule has 0 amide bonds. The van der Waals surface area contributed by atoms with Gasteiger partial charge in [0.2, 0.25) is 5.82 Å². The Labute approximate surface area is 203 Å². The summed E-state index contributed by atoms with van der Waals surface area (Å²) in [5.41, 5.74) is 1.44. The number of carbonyl (C=O) groups excluding carboxylic acids is 1. The SMILES string of the molecule is COC(=O)CCn1ccc2c(-c3noc(-c4ccc(-c5ccccc5)c(C(F)(F)F)c4)n3)cccc21. The molecule has 0 aliphatic carbocycles. The van der Waals surface area contributed by atoms with Crippen molar-refractivity contribution in [2.75, 3.05) is 7.11 Å². The van der Waals surface area contributed by atoms with Crippen molar-refractivity contribution >= 4 is 16.9 Å². The Kier molecular flexibility index (Phi) is 6.05. The van der Waals surface area contributed by atoms with E-state index in [1.807, 2.05) is 29.0 Å². The van der Waals surface area contributed by atoms with Crippen molar-refractivity contribution in [1.29, 1.82) is 0 Å². The number of carbonyl (C=O) groups is 1. The lowest BCUT2D eigenvalue weighted by Gasteiger charge is -2.14. The first-order chi connectivity index (χ1) is 17.3. The normalized spacial score (nSPS) is 11.7. The molecule has 2 heterocycles. The van der Waals surface area contributed by atoms with E-state index < -0.39 is 11.7 Å². The van der Waals surface area contributed by atoms with Gasteiger partial charge in [-0.15, -0.1) is 0 Å². The number of hydrogen-bond acceptors (Lipinski definition) is 5. The minimum atomic E-state index is -4.57. The van der Waals surface area contributed by atoms with Crippen LogP contribution < -0.4 is 0 Å².